The highest BCUT2D eigenvalue weighted by Gasteiger charge is 2.05. The number of hydrogen-bond acceptors (Lipinski definition) is 6. The Bertz CT molecular complexity index is 619. The molecule has 1 heterocycles. The van der Waals surface area contributed by atoms with Crippen molar-refractivity contribution in [2.45, 2.75) is 13.5 Å². The van der Waals surface area contributed by atoms with Gasteiger partial charge in [-0.05, 0) is 19.1 Å². The standard InChI is InChI=1S/C14H15N3O2S/c1-3-16-14-17-8-13(20-14)9-19-12-5-10(7-15)4-11(6-12)18-2/h4-6,8H,3,9H2,1-2H3,(H,16,17). The summed E-state index contributed by atoms with van der Waals surface area (Å²) in [5, 5.41) is 13.0. The van der Waals surface area contributed by atoms with E-state index in [2.05, 4.69) is 16.4 Å². The van der Waals surface area contributed by atoms with Crippen LogP contribution in [0.4, 0.5) is 5.13 Å². The molecule has 5 nitrogen and oxygen atoms in total. The summed E-state index contributed by atoms with van der Waals surface area (Å²) >= 11 is 1.55. The minimum Gasteiger partial charge on any atom is -0.497 e. The third-order valence-electron chi connectivity index (χ3n) is 2.51. The van der Waals surface area contributed by atoms with Crippen LogP contribution in [0.1, 0.15) is 17.4 Å². The van der Waals surface area contributed by atoms with Gasteiger partial charge in [-0.1, -0.05) is 11.3 Å². The van der Waals surface area contributed by atoms with Gasteiger partial charge < -0.3 is 14.8 Å². The second-order valence-electron chi connectivity index (χ2n) is 3.96. The van der Waals surface area contributed by atoms with Crippen molar-refractivity contribution in [2.75, 3.05) is 19.0 Å². The Morgan fingerprint density at radius 3 is 2.85 bits per heavy atom. The zero-order valence-electron chi connectivity index (χ0n) is 11.3. The number of aromatic nitrogens is 1. The molecule has 0 saturated carbocycles. The first kappa shape index (κ1) is 14.2. The van der Waals surface area contributed by atoms with E-state index in [0.717, 1.165) is 16.6 Å². The maximum absolute atomic E-state index is 8.95. The first-order valence-electron chi connectivity index (χ1n) is 6.15. The van der Waals surface area contributed by atoms with Crippen molar-refractivity contribution in [3.8, 4) is 17.6 Å². The summed E-state index contributed by atoms with van der Waals surface area (Å²) in [6.45, 7) is 3.29. The Balaban J connectivity index is 2.04. The molecule has 20 heavy (non-hydrogen) atoms. The van der Waals surface area contributed by atoms with Crippen molar-refractivity contribution in [3.05, 3.63) is 34.8 Å². The van der Waals surface area contributed by atoms with Gasteiger partial charge in [0.15, 0.2) is 5.13 Å². The van der Waals surface area contributed by atoms with Gasteiger partial charge in [0.25, 0.3) is 0 Å². The number of rotatable bonds is 6. The zero-order chi connectivity index (χ0) is 14.4. The number of ether oxygens (including phenoxy) is 2. The van der Waals surface area contributed by atoms with E-state index in [1.54, 1.807) is 42.8 Å². The van der Waals surface area contributed by atoms with Crippen LogP contribution in [0, 0.1) is 11.3 Å². The number of benzene rings is 1. The normalized spacial score (nSPS) is 9.85. The molecular formula is C14H15N3O2S. The SMILES string of the molecule is CCNc1ncc(COc2cc(C#N)cc(OC)c2)s1. The Morgan fingerprint density at radius 1 is 1.35 bits per heavy atom. The number of nitriles is 1. The average Bonchev–Trinajstić information content (AvgIpc) is 2.93. The van der Waals surface area contributed by atoms with Crippen molar-refractivity contribution in [3.63, 3.8) is 0 Å². The fraction of sp³-hybridized carbons (Fsp3) is 0.286. The van der Waals surface area contributed by atoms with Crippen LogP contribution >= 0.6 is 11.3 Å². The third kappa shape index (κ3) is 3.62. The molecule has 1 aromatic heterocycles. The first-order valence-corrected chi connectivity index (χ1v) is 6.97. The predicted octanol–water partition coefficient (Wildman–Crippen LogP) is 3.03. The molecule has 1 N–H and O–H groups in total. The van der Waals surface area contributed by atoms with E-state index in [0.29, 0.717) is 23.7 Å². The van der Waals surface area contributed by atoms with Gasteiger partial charge in [-0.25, -0.2) is 4.98 Å². The van der Waals surface area contributed by atoms with E-state index in [1.807, 2.05) is 6.92 Å². The molecule has 0 fully saturated rings. The molecule has 0 atom stereocenters. The van der Waals surface area contributed by atoms with E-state index < -0.39 is 0 Å². The summed E-state index contributed by atoms with van der Waals surface area (Å²) in [5.41, 5.74) is 0.511. The van der Waals surface area contributed by atoms with Crippen molar-refractivity contribution in [2.24, 2.45) is 0 Å². The molecule has 0 amide bonds. The lowest BCUT2D eigenvalue weighted by Gasteiger charge is -2.07. The lowest BCUT2D eigenvalue weighted by molar-refractivity contribution is 0.307. The summed E-state index contributed by atoms with van der Waals surface area (Å²) in [6, 6.07) is 7.20. The second kappa shape index (κ2) is 6.78. The van der Waals surface area contributed by atoms with Crippen molar-refractivity contribution >= 4 is 16.5 Å². The minimum atomic E-state index is 0.418. The topological polar surface area (TPSA) is 67.2 Å². The van der Waals surface area contributed by atoms with E-state index in [-0.39, 0.29) is 0 Å². The fourth-order valence-corrected chi connectivity index (χ4v) is 2.39. The summed E-state index contributed by atoms with van der Waals surface area (Å²) in [6.07, 6.45) is 1.79. The molecule has 6 heteroatoms. The van der Waals surface area contributed by atoms with Gasteiger partial charge >= 0.3 is 0 Å². The quantitative estimate of drug-likeness (QED) is 0.885. The lowest BCUT2D eigenvalue weighted by atomic mass is 10.2. The van der Waals surface area contributed by atoms with Crippen LogP contribution in [0.2, 0.25) is 0 Å². The lowest BCUT2D eigenvalue weighted by Crippen LogP contribution is -1.95. The van der Waals surface area contributed by atoms with Crippen molar-refractivity contribution < 1.29 is 9.47 Å². The number of nitrogens with one attached hydrogen (secondary N) is 1. The molecule has 0 aliphatic carbocycles. The molecule has 1 aromatic carbocycles. The number of hydrogen-bond donors (Lipinski definition) is 1. The van der Waals surface area contributed by atoms with Crippen molar-refractivity contribution in [1.29, 1.82) is 5.26 Å². The molecule has 2 aromatic rings. The first-order chi connectivity index (χ1) is 9.75. The highest BCUT2D eigenvalue weighted by Crippen LogP contribution is 2.24. The third-order valence-corrected chi connectivity index (χ3v) is 3.44. The van der Waals surface area contributed by atoms with Crippen LogP contribution in [-0.4, -0.2) is 18.6 Å². The molecule has 0 saturated heterocycles. The molecule has 0 radical (unpaired) electrons. The molecule has 0 aliphatic heterocycles. The zero-order valence-corrected chi connectivity index (χ0v) is 12.2. The smallest absolute Gasteiger partial charge is 0.182 e. The maximum atomic E-state index is 8.95. The Hall–Kier alpha value is -2.26. The van der Waals surface area contributed by atoms with Gasteiger partial charge in [-0.15, -0.1) is 0 Å². The second-order valence-corrected chi connectivity index (χ2v) is 5.07. The Kier molecular flexibility index (Phi) is 4.80. The molecule has 0 bridgehead atoms. The highest BCUT2D eigenvalue weighted by atomic mass is 32.1. The van der Waals surface area contributed by atoms with E-state index in [1.165, 1.54) is 0 Å². The Morgan fingerprint density at radius 2 is 2.15 bits per heavy atom. The highest BCUT2D eigenvalue weighted by molar-refractivity contribution is 7.15. The summed E-state index contributed by atoms with van der Waals surface area (Å²) in [5.74, 6) is 1.22. The van der Waals surface area contributed by atoms with Gasteiger partial charge in [0, 0.05) is 18.8 Å². The predicted molar refractivity (Wildman–Crippen MR) is 78.3 cm³/mol. The monoisotopic (exact) mass is 289 g/mol. The molecular weight excluding hydrogens is 274 g/mol. The van der Waals surface area contributed by atoms with E-state index in [9.17, 15) is 0 Å². The van der Waals surface area contributed by atoms with Gasteiger partial charge in [0.05, 0.1) is 23.6 Å². The summed E-state index contributed by atoms with van der Waals surface area (Å²) in [7, 11) is 1.56. The van der Waals surface area contributed by atoms with E-state index >= 15 is 0 Å². The fourth-order valence-electron chi connectivity index (χ4n) is 1.60. The maximum Gasteiger partial charge on any atom is 0.182 e. The van der Waals surface area contributed by atoms with Gasteiger partial charge in [0.1, 0.15) is 18.1 Å². The summed E-state index contributed by atoms with van der Waals surface area (Å²) < 4.78 is 10.8. The van der Waals surface area contributed by atoms with Crippen LogP contribution in [0.15, 0.2) is 24.4 Å². The molecule has 0 spiro atoms. The van der Waals surface area contributed by atoms with Crippen LogP contribution in [0.3, 0.4) is 0 Å². The van der Waals surface area contributed by atoms with Crippen molar-refractivity contribution in [1.82, 2.24) is 4.98 Å². The van der Waals surface area contributed by atoms with Crippen LogP contribution in [0.25, 0.3) is 0 Å². The number of anilines is 1. The van der Waals surface area contributed by atoms with Gasteiger partial charge in [-0.2, -0.15) is 5.26 Å². The Labute approximate surface area is 121 Å². The molecule has 2 rings (SSSR count). The van der Waals surface area contributed by atoms with E-state index in [4.69, 9.17) is 14.7 Å². The largest absolute Gasteiger partial charge is 0.497 e. The molecule has 0 unspecified atom stereocenters. The average molecular weight is 289 g/mol. The number of nitrogens with zero attached hydrogens (tertiary/aromatic N) is 2. The minimum absolute atomic E-state index is 0.418. The molecule has 104 valence electrons. The van der Waals surface area contributed by atoms with Crippen LogP contribution in [-0.2, 0) is 6.61 Å². The van der Waals surface area contributed by atoms with Gasteiger partial charge in [0.2, 0.25) is 0 Å². The molecule has 0 aliphatic rings. The van der Waals surface area contributed by atoms with Gasteiger partial charge in [-0.3, -0.25) is 0 Å². The van der Waals surface area contributed by atoms with Crippen LogP contribution in [0.5, 0.6) is 11.5 Å². The van der Waals surface area contributed by atoms with Crippen LogP contribution < -0.4 is 14.8 Å². The summed E-state index contributed by atoms with van der Waals surface area (Å²) in [4.78, 5) is 5.25. The number of thiazole rings is 1. The number of methoxy groups -OCH3 is 1.